The molecule has 1 N–H and O–H groups in total. The highest BCUT2D eigenvalue weighted by Gasteiger charge is 2.16. The van der Waals surface area contributed by atoms with E-state index in [4.69, 9.17) is 20.6 Å². The van der Waals surface area contributed by atoms with Crippen LogP contribution in [0.5, 0.6) is 17.2 Å². The van der Waals surface area contributed by atoms with E-state index in [9.17, 15) is 4.79 Å². The van der Waals surface area contributed by atoms with E-state index in [-0.39, 0.29) is 12.5 Å². The van der Waals surface area contributed by atoms with Crippen molar-refractivity contribution in [3.8, 4) is 29.6 Å². The molecule has 2 rings (SSSR count). The number of ether oxygens (including phenoxy) is 3. The zero-order valence-corrected chi connectivity index (χ0v) is 14.9. The average Bonchev–Trinajstić information content (AvgIpc) is 2.67. The Balaban J connectivity index is 2.22. The fourth-order valence-corrected chi connectivity index (χ4v) is 2.44. The SMILES string of the molecule is C#CCOc1ccc(NC(=O)c2cc(CC=C)c(OC)c(OC)c2)cc1. The Morgan fingerprint density at radius 2 is 1.96 bits per heavy atom. The number of carbonyl (C=O) groups excluding carboxylic acids is 1. The molecular formula is C21H21NO4. The van der Waals surface area contributed by atoms with Crippen LogP contribution in [-0.4, -0.2) is 26.7 Å². The Morgan fingerprint density at radius 1 is 1.23 bits per heavy atom. The van der Waals surface area contributed by atoms with Gasteiger partial charge in [-0.05, 0) is 42.8 Å². The highest BCUT2D eigenvalue weighted by atomic mass is 16.5. The van der Waals surface area contributed by atoms with E-state index in [0.717, 1.165) is 5.56 Å². The predicted octanol–water partition coefficient (Wildman–Crippen LogP) is 3.70. The third kappa shape index (κ3) is 4.58. The Kier molecular flexibility index (Phi) is 6.69. The van der Waals surface area contributed by atoms with Gasteiger partial charge in [-0.15, -0.1) is 13.0 Å². The minimum absolute atomic E-state index is 0.198. The molecule has 0 fully saturated rings. The third-order valence-corrected chi connectivity index (χ3v) is 3.62. The van der Waals surface area contributed by atoms with E-state index in [2.05, 4.69) is 17.8 Å². The summed E-state index contributed by atoms with van der Waals surface area (Å²) < 4.78 is 16.0. The van der Waals surface area contributed by atoms with Crippen LogP contribution in [-0.2, 0) is 6.42 Å². The summed E-state index contributed by atoms with van der Waals surface area (Å²) in [6, 6.07) is 10.4. The van der Waals surface area contributed by atoms with Gasteiger partial charge in [0.15, 0.2) is 11.5 Å². The molecule has 0 unspecified atom stereocenters. The smallest absolute Gasteiger partial charge is 0.255 e. The molecule has 26 heavy (non-hydrogen) atoms. The first-order valence-electron chi connectivity index (χ1n) is 7.96. The lowest BCUT2D eigenvalue weighted by atomic mass is 10.0. The number of nitrogens with one attached hydrogen (secondary N) is 1. The summed E-state index contributed by atoms with van der Waals surface area (Å²) in [4.78, 5) is 12.6. The topological polar surface area (TPSA) is 56.8 Å². The van der Waals surface area contributed by atoms with Crippen molar-refractivity contribution in [3.63, 3.8) is 0 Å². The van der Waals surface area contributed by atoms with Crippen molar-refractivity contribution in [1.82, 2.24) is 0 Å². The van der Waals surface area contributed by atoms with E-state index in [1.54, 1.807) is 49.6 Å². The maximum Gasteiger partial charge on any atom is 0.255 e. The van der Waals surface area contributed by atoms with E-state index in [1.807, 2.05) is 0 Å². The summed E-state index contributed by atoms with van der Waals surface area (Å²) in [5.74, 6) is 3.87. The molecule has 5 heteroatoms. The van der Waals surface area contributed by atoms with E-state index in [1.165, 1.54) is 7.11 Å². The second-order valence-corrected chi connectivity index (χ2v) is 5.33. The third-order valence-electron chi connectivity index (χ3n) is 3.62. The van der Waals surface area contributed by atoms with Gasteiger partial charge in [-0.3, -0.25) is 4.79 Å². The Bertz CT molecular complexity index is 819. The molecule has 0 radical (unpaired) electrons. The van der Waals surface area contributed by atoms with Crippen molar-refractivity contribution in [3.05, 3.63) is 60.2 Å². The average molecular weight is 351 g/mol. The van der Waals surface area contributed by atoms with Gasteiger partial charge in [-0.1, -0.05) is 12.0 Å². The van der Waals surface area contributed by atoms with Gasteiger partial charge in [-0.2, -0.15) is 0 Å². The maximum atomic E-state index is 12.6. The van der Waals surface area contributed by atoms with Crippen LogP contribution in [0.4, 0.5) is 5.69 Å². The Hall–Kier alpha value is -3.39. The highest BCUT2D eigenvalue weighted by molar-refractivity contribution is 6.04. The van der Waals surface area contributed by atoms with Crippen LogP contribution in [0.15, 0.2) is 49.1 Å². The van der Waals surface area contributed by atoms with Crippen LogP contribution < -0.4 is 19.5 Å². The number of carbonyl (C=O) groups is 1. The van der Waals surface area contributed by atoms with Crippen LogP contribution in [0.1, 0.15) is 15.9 Å². The molecule has 0 heterocycles. The molecule has 0 aliphatic rings. The molecule has 134 valence electrons. The molecule has 0 saturated carbocycles. The summed E-state index contributed by atoms with van der Waals surface area (Å²) in [7, 11) is 3.10. The van der Waals surface area contributed by atoms with Crippen LogP contribution in [0.2, 0.25) is 0 Å². The molecule has 1 amide bonds. The molecule has 5 nitrogen and oxygen atoms in total. The highest BCUT2D eigenvalue weighted by Crippen LogP contribution is 2.33. The lowest BCUT2D eigenvalue weighted by Gasteiger charge is -2.14. The molecule has 2 aromatic rings. The minimum atomic E-state index is -0.256. The maximum absolute atomic E-state index is 12.6. The van der Waals surface area contributed by atoms with Crippen molar-refractivity contribution >= 4 is 11.6 Å². The van der Waals surface area contributed by atoms with Crippen LogP contribution >= 0.6 is 0 Å². The van der Waals surface area contributed by atoms with Gasteiger partial charge in [0, 0.05) is 16.8 Å². The largest absolute Gasteiger partial charge is 0.493 e. The second-order valence-electron chi connectivity index (χ2n) is 5.33. The van der Waals surface area contributed by atoms with E-state index in [0.29, 0.717) is 34.9 Å². The lowest BCUT2D eigenvalue weighted by molar-refractivity contribution is 0.102. The van der Waals surface area contributed by atoms with Crippen molar-refractivity contribution in [2.45, 2.75) is 6.42 Å². The van der Waals surface area contributed by atoms with Gasteiger partial charge < -0.3 is 19.5 Å². The summed E-state index contributed by atoms with van der Waals surface area (Å²) in [5.41, 5.74) is 1.93. The number of methoxy groups -OCH3 is 2. The Morgan fingerprint density at radius 3 is 2.54 bits per heavy atom. The van der Waals surface area contributed by atoms with Gasteiger partial charge in [0.1, 0.15) is 12.4 Å². The fourth-order valence-electron chi connectivity index (χ4n) is 2.44. The van der Waals surface area contributed by atoms with Crippen LogP contribution in [0.3, 0.4) is 0 Å². The minimum Gasteiger partial charge on any atom is -0.493 e. The number of terminal acetylenes is 1. The fraction of sp³-hybridized carbons (Fsp3) is 0.190. The number of anilines is 1. The molecule has 0 aliphatic heterocycles. The zero-order valence-electron chi connectivity index (χ0n) is 14.9. The predicted molar refractivity (Wildman–Crippen MR) is 102 cm³/mol. The zero-order chi connectivity index (χ0) is 18.9. The van der Waals surface area contributed by atoms with Crippen molar-refractivity contribution in [1.29, 1.82) is 0 Å². The standard InChI is InChI=1S/C21H21NO4/c1-5-7-15-13-16(14-19(24-3)20(15)25-4)21(23)22-17-8-10-18(11-9-17)26-12-6-2/h2,5,8-11,13-14H,1,7,12H2,3-4H3,(H,22,23). The van der Waals surface area contributed by atoms with Gasteiger partial charge in [0.2, 0.25) is 0 Å². The number of benzene rings is 2. The summed E-state index contributed by atoms with van der Waals surface area (Å²) in [6.07, 6.45) is 7.46. The van der Waals surface area contributed by atoms with Gasteiger partial charge in [-0.25, -0.2) is 0 Å². The second kappa shape index (κ2) is 9.19. The molecule has 0 spiro atoms. The summed E-state index contributed by atoms with van der Waals surface area (Å²) >= 11 is 0. The number of rotatable bonds is 8. The monoisotopic (exact) mass is 351 g/mol. The first kappa shape index (κ1) is 18.9. The molecule has 0 bridgehead atoms. The Labute approximate surface area is 153 Å². The summed E-state index contributed by atoms with van der Waals surface area (Å²) in [5, 5.41) is 2.84. The summed E-state index contributed by atoms with van der Waals surface area (Å²) in [6.45, 7) is 3.94. The van der Waals surface area contributed by atoms with Crippen LogP contribution in [0, 0.1) is 12.3 Å². The molecular weight excluding hydrogens is 330 g/mol. The molecule has 0 aliphatic carbocycles. The molecule has 0 atom stereocenters. The van der Waals surface area contributed by atoms with E-state index >= 15 is 0 Å². The quantitative estimate of drug-likeness (QED) is 0.582. The van der Waals surface area contributed by atoms with E-state index < -0.39 is 0 Å². The first-order chi connectivity index (χ1) is 12.6. The number of amides is 1. The lowest BCUT2D eigenvalue weighted by Crippen LogP contribution is -2.13. The van der Waals surface area contributed by atoms with Gasteiger partial charge in [0.05, 0.1) is 14.2 Å². The van der Waals surface area contributed by atoms with Crippen LogP contribution in [0.25, 0.3) is 0 Å². The normalized spacial score (nSPS) is 9.73. The van der Waals surface area contributed by atoms with Crippen molar-refractivity contribution in [2.75, 3.05) is 26.1 Å². The van der Waals surface area contributed by atoms with Crippen molar-refractivity contribution < 1.29 is 19.0 Å². The number of allylic oxidation sites excluding steroid dienone is 1. The van der Waals surface area contributed by atoms with Gasteiger partial charge >= 0.3 is 0 Å². The molecule has 0 saturated heterocycles. The molecule has 0 aromatic heterocycles. The number of hydrogen-bond donors (Lipinski definition) is 1. The number of hydrogen-bond acceptors (Lipinski definition) is 4. The first-order valence-corrected chi connectivity index (χ1v) is 7.96. The van der Waals surface area contributed by atoms with Gasteiger partial charge in [0.25, 0.3) is 5.91 Å². The van der Waals surface area contributed by atoms with Crippen molar-refractivity contribution in [2.24, 2.45) is 0 Å². The molecule has 2 aromatic carbocycles.